The fourth-order valence-corrected chi connectivity index (χ4v) is 1.92. The van der Waals surface area contributed by atoms with Crippen molar-refractivity contribution in [1.29, 1.82) is 0 Å². The van der Waals surface area contributed by atoms with Crippen molar-refractivity contribution < 1.29 is 0 Å². The van der Waals surface area contributed by atoms with E-state index in [1.807, 2.05) is 0 Å². The van der Waals surface area contributed by atoms with Gasteiger partial charge < -0.3 is 5.73 Å². The standard InChI is InChI=1S/C14H23N/c1-10(2)12-5-6-14(11(3)4)13(9-12)7-8-15/h5-6,9-11H,7-8,15H2,1-4H3. The molecule has 1 rings (SSSR count). The van der Waals surface area contributed by atoms with Gasteiger partial charge in [0.2, 0.25) is 0 Å². The number of hydrogen-bond donors (Lipinski definition) is 1. The first-order chi connectivity index (χ1) is 7.06. The van der Waals surface area contributed by atoms with Gasteiger partial charge in [-0.15, -0.1) is 0 Å². The number of rotatable bonds is 4. The summed E-state index contributed by atoms with van der Waals surface area (Å²) in [5, 5.41) is 0. The topological polar surface area (TPSA) is 26.0 Å². The van der Waals surface area contributed by atoms with E-state index in [1.165, 1.54) is 16.7 Å². The van der Waals surface area contributed by atoms with Crippen LogP contribution in [0.15, 0.2) is 18.2 Å². The van der Waals surface area contributed by atoms with Gasteiger partial charge in [0, 0.05) is 0 Å². The van der Waals surface area contributed by atoms with E-state index in [0.717, 1.165) is 13.0 Å². The molecule has 0 aliphatic carbocycles. The molecule has 0 spiro atoms. The predicted molar refractivity (Wildman–Crippen MR) is 67.4 cm³/mol. The zero-order chi connectivity index (χ0) is 11.4. The minimum Gasteiger partial charge on any atom is -0.330 e. The van der Waals surface area contributed by atoms with Gasteiger partial charge in [0.1, 0.15) is 0 Å². The van der Waals surface area contributed by atoms with Gasteiger partial charge in [0.05, 0.1) is 0 Å². The van der Waals surface area contributed by atoms with Crippen LogP contribution in [0.5, 0.6) is 0 Å². The average molecular weight is 205 g/mol. The summed E-state index contributed by atoms with van der Waals surface area (Å²) in [5.41, 5.74) is 9.95. The molecule has 0 aliphatic heterocycles. The molecule has 1 aromatic carbocycles. The lowest BCUT2D eigenvalue weighted by atomic mass is 9.91. The second-order valence-corrected chi connectivity index (χ2v) is 4.81. The molecule has 84 valence electrons. The molecule has 0 bridgehead atoms. The smallest absolute Gasteiger partial charge is 0.00366 e. The number of nitrogens with two attached hydrogens (primary N) is 1. The lowest BCUT2D eigenvalue weighted by Crippen LogP contribution is -2.07. The summed E-state index contributed by atoms with van der Waals surface area (Å²) in [7, 11) is 0. The van der Waals surface area contributed by atoms with Crippen LogP contribution in [-0.4, -0.2) is 6.54 Å². The maximum Gasteiger partial charge on any atom is -0.00366 e. The quantitative estimate of drug-likeness (QED) is 0.800. The van der Waals surface area contributed by atoms with Crippen LogP contribution in [0.4, 0.5) is 0 Å². The summed E-state index contributed by atoms with van der Waals surface area (Å²) >= 11 is 0. The second kappa shape index (κ2) is 5.32. The van der Waals surface area contributed by atoms with E-state index in [-0.39, 0.29) is 0 Å². The van der Waals surface area contributed by atoms with Crippen LogP contribution in [0.25, 0.3) is 0 Å². The van der Waals surface area contributed by atoms with Crippen molar-refractivity contribution >= 4 is 0 Å². The molecule has 0 amide bonds. The van der Waals surface area contributed by atoms with Crippen molar-refractivity contribution in [3.8, 4) is 0 Å². The molecule has 1 nitrogen and oxygen atoms in total. The molecule has 2 N–H and O–H groups in total. The molecule has 0 heterocycles. The largest absolute Gasteiger partial charge is 0.330 e. The fraction of sp³-hybridized carbons (Fsp3) is 0.571. The monoisotopic (exact) mass is 205 g/mol. The third-order valence-corrected chi connectivity index (χ3v) is 2.87. The molecule has 1 heteroatoms. The lowest BCUT2D eigenvalue weighted by molar-refractivity contribution is 0.814. The molecular formula is C14H23N. The zero-order valence-electron chi connectivity index (χ0n) is 10.4. The van der Waals surface area contributed by atoms with Crippen molar-refractivity contribution in [2.45, 2.75) is 46.0 Å². The number of hydrogen-bond acceptors (Lipinski definition) is 1. The minimum absolute atomic E-state index is 0.591. The normalized spacial score (nSPS) is 11.4. The highest BCUT2D eigenvalue weighted by Gasteiger charge is 2.08. The molecule has 0 saturated carbocycles. The molecule has 0 radical (unpaired) electrons. The summed E-state index contributed by atoms with van der Waals surface area (Å²) in [6, 6.07) is 6.85. The first-order valence-corrected chi connectivity index (χ1v) is 5.89. The van der Waals surface area contributed by atoms with E-state index in [1.54, 1.807) is 0 Å². The van der Waals surface area contributed by atoms with E-state index >= 15 is 0 Å². The third-order valence-electron chi connectivity index (χ3n) is 2.87. The Morgan fingerprint density at radius 2 is 1.73 bits per heavy atom. The van der Waals surface area contributed by atoms with Gasteiger partial charge in [-0.3, -0.25) is 0 Å². The van der Waals surface area contributed by atoms with Crippen molar-refractivity contribution in [2.24, 2.45) is 5.73 Å². The second-order valence-electron chi connectivity index (χ2n) is 4.81. The molecule has 0 unspecified atom stereocenters. The molecule has 0 aromatic heterocycles. The van der Waals surface area contributed by atoms with Gasteiger partial charge >= 0.3 is 0 Å². The molecule has 0 atom stereocenters. The van der Waals surface area contributed by atoms with Crippen molar-refractivity contribution in [2.75, 3.05) is 6.54 Å². The Labute approximate surface area is 93.7 Å². The minimum atomic E-state index is 0.591. The summed E-state index contributed by atoms with van der Waals surface area (Å²) in [6.07, 6.45) is 0.994. The van der Waals surface area contributed by atoms with E-state index in [0.29, 0.717) is 11.8 Å². The summed E-state index contributed by atoms with van der Waals surface area (Å²) in [5.74, 6) is 1.19. The summed E-state index contributed by atoms with van der Waals surface area (Å²) in [4.78, 5) is 0. The van der Waals surface area contributed by atoms with Gasteiger partial charge in [0.15, 0.2) is 0 Å². The van der Waals surface area contributed by atoms with Gasteiger partial charge in [-0.2, -0.15) is 0 Å². The SMILES string of the molecule is CC(C)c1ccc(C(C)C)c(CCN)c1. The zero-order valence-corrected chi connectivity index (χ0v) is 10.4. The predicted octanol–water partition coefficient (Wildman–Crippen LogP) is 3.43. The van der Waals surface area contributed by atoms with Crippen LogP contribution in [0.3, 0.4) is 0 Å². The van der Waals surface area contributed by atoms with Gasteiger partial charge in [-0.05, 0) is 41.5 Å². The highest BCUT2D eigenvalue weighted by atomic mass is 14.5. The average Bonchev–Trinajstić information content (AvgIpc) is 2.17. The Morgan fingerprint density at radius 3 is 2.20 bits per heavy atom. The summed E-state index contributed by atoms with van der Waals surface area (Å²) in [6.45, 7) is 9.68. The highest BCUT2D eigenvalue weighted by Crippen LogP contribution is 2.24. The fourth-order valence-electron chi connectivity index (χ4n) is 1.92. The van der Waals surface area contributed by atoms with Crippen molar-refractivity contribution in [3.05, 3.63) is 34.9 Å². The van der Waals surface area contributed by atoms with E-state index in [9.17, 15) is 0 Å². The number of benzene rings is 1. The molecule has 0 saturated heterocycles. The highest BCUT2D eigenvalue weighted by molar-refractivity contribution is 5.35. The maximum absolute atomic E-state index is 5.66. The Balaban J connectivity index is 3.08. The maximum atomic E-state index is 5.66. The molecule has 0 fully saturated rings. The molecule has 0 aliphatic rings. The van der Waals surface area contributed by atoms with Crippen LogP contribution in [0.2, 0.25) is 0 Å². The van der Waals surface area contributed by atoms with E-state index in [4.69, 9.17) is 5.73 Å². The molecule has 15 heavy (non-hydrogen) atoms. The van der Waals surface area contributed by atoms with E-state index in [2.05, 4.69) is 45.9 Å². The molecular weight excluding hydrogens is 182 g/mol. The van der Waals surface area contributed by atoms with E-state index < -0.39 is 0 Å². The van der Waals surface area contributed by atoms with Gasteiger partial charge in [-0.25, -0.2) is 0 Å². The Bertz CT molecular complexity index is 313. The van der Waals surface area contributed by atoms with Crippen LogP contribution >= 0.6 is 0 Å². The Hall–Kier alpha value is -0.820. The summed E-state index contributed by atoms with van der Waals surface area (Å²) < 4.78 is 0. The Kier molecular flexibility index (Phi) is 4.34. The third kappa shape index (κ3) is 3.07. The van der Waals surface area contributed by atoms with Crippen molar-refractivity contribution in [3.63, 3.8) is 0 Å². The Morgan fingerprint density at radius 1 is 1.07 bits per heavy atom. The van der Waals surface area contributed by atoms with Crippen molar-refractivity contribution in [1.82, 2.24) is 0 Å². The van der Waals surface area contributed by atoms with Crippen LogP contribution < -0.4 is 5.73 Å². The van der Waals surface area contributed by atoms with Crippen LogP contribution in [-0.2, 0) is 6.42 Å². The first kappa shape index (κ1) is 12.3. The lowest BCUT2D eigenvalue weighted by Gasteiger charge is -2.15. The van der Waals surface area contributed by atoms with Crippen LogP contribution in [0.1, 0.15) is 56.2 Å². The van der Waals surface area contributed by atoms with Gasteiger partial charge in [0.25, 0.3) is 0 Å². The van der Waals surface area contributed by atoms with Gasteiger partial charge in [-0.1, -0.05) is 45.9 Å². The molecule has 1 aromatic rings. The van der Waals surface area contributed by atoms with Crippen LogP contribution in [0, 0.1) is 0 Å². The first-order valence-electron chi connectivity index (χ1n) is 5.89.